The van der Waals surface area contributed by atoms with E-state index in [4.69, 9.17) is 14.2 Å². The summed E-state index contributed by atoms with van der Waals surface area (Å²) in [7, 11) is 1.57. The lowest BCUT2D eigenvalue weighted by molar-refractivity contribution is -0.149. The molecule has 182 valence electrons. The molecule has 1 heterocycles. The summed E-state index contributed by atoms with van der Waals surface area (Å²) >= 11 is 0. The molecule has 2 aromatic carbocycles. The minimum absolute atomic E-state index is 0.0196. The molecule has 0 atom stereocenters. The van der Waals surface area contributed by atoms with Gasteiger partial charge in [-0.2, -0.15) is 0 Å². The van der Waals surface area contributed by atoms with E-state index in [9.17, 15) is 14.7 Å². The van der Waals surface area contributed by atoms with E-state index in [0.29, 0.717) is 42.4 Å². The topological polar surface area (TPSA) is 82.1 Å². The molecule has 0 aromatic heterocycles. The molecule has 1 saturated carbocycles. The molecule has 0 bridgehead atoms. The first kappa shape index (κ1) is 24.3. The van der Waals surface area contributed by atoms with Gasteiger partial charge in [0.25, 0.3) is 0 Å². The monoisotopic (exact) mass is 466 g/mol. The van der Waals surface area contributed by atoms with Gasteiger partial charge in [-0.25, -0.2) is 0 Å². The number of hydrogen-bond acceptors (Lipinski definition) is 5. The molecule has 2 aromatic rings. The Balaban J connectivity index is 1.43. The van der Waals surface area contributed by atoms with Gasteiger partial charge >= 0.3 is 5.97 Å². The van der Waals surface area contributed by atoms with Crippen molar-refractivity contribution in [3.05, 3.63) is 59.2 Å². The highest BCUT2D eigenvalue weighted by molar-refractivity contribution is 5.99. The number of carbonyl (C=O) groups excluding carboxylic acids is 1. The zero-order chi connectivity index (χ0) is 24.0. The molecular weight excluding hydrogens is 432 g/mol. The molecule has 0 spiro atoms. The van der Waals surface area contributed by atoms with Crippen LogP contribution in [0.4, 0.5) is 0 Å². The number of methoxy groups -OCH3 is 1. The molecule has 1 aliphatic heterocycles. The minimum Gasteiger partial charge on any atom is -0.493 e. The number of rotatable bonds is 10. The average Bonchev–Trinajstić information content (AvgIpc) is 3.05. The van der Waals surface area contributed by atoms with E-state index >= 15 is 0 Å². The third kappa shape index (κ3) is 5.61. The predicted molar refractivity (Wildman–Crippen MR) is 129 cm³/mol. The number of benzene rings is 2. The zero-order valence-corrected chi connectivity index (χ0v) is 19.9. The first-order valence-electron chi connectivity index (χ1n) is 12.2. The second-order valence-corrected chi connectivity index (χ2v) is 9.54. The van der Waals surface area contributed by atoms with Crippen LogP contribution in [0.25, 0.3) is 0 Å². The Bertz CT molecular complexity index is 1000. The van der Waals surface area contributed by atoms with E-state index in [0.717, 1.165) is 45.3 Å². The standard InChI is InChI=1S/C28H34O6/c1-32-25-10-9-22(24(29)17-28(27(30)31)12-4-2-3-5-13-28)16-26(25)34-14-11-20-7-6-8-21(15-20)23-18-33-19-23/h6-10,15-16,23H,2-5,11-14,17-19H2,1H3,(H,30,31). The van der Waals surface area contributed by atoms with Gasteiger partial charge in [0.05, 0.1) is 32.3 Å². The summed E-state index contributed by atoms with van der Waals surface area (Å²) in [4.78, 5) is 25.3. The molecule has 1 N–H and O–H groups in total. The Morgan fingerprint density at radius 1 is 1.03 bits per heavy atom. The van der Waals surface area contributed by atoms with E-state index in [1.807, 2.05) is 0 Å². The molecule has 2 aliphatic rings. The van der Waals surface area contributed by atoms with Gasteiger partial charge in [-0.15, -0.1) is 0 Å². The summed E-state index contributed by atoms with van der Waals surface area (Å²) in [5, 5.41) is 9.94. The number of aliphatic carboxylic acids is 1. The van der Waals surface area contributed by atoms with Crippen LogP contribution in [0.3, 0.4) is 0 Å². The van der Waals surface area contributed by atoms with Gasteiger partial charge in [-0.3, -0.25) is 9.59 Å². The number of ketones is 1. The van der Waals surface area contributed by atoms with Gasteiger partial charge in [-0.05, 0) is 42.2 Å². The van der Waals surface area contributed by atoms with Crippen molar-refractivity contribution in [1.29, 1.82) is 0 Å². The first-order chi connectivity index (χ1) is 16.5. The quantitative estimate of drug-likeness (QED) is 0.371. The molecule has 2 fully saturated rings. The number of carbonyl (C=O) groups is 2. The van der Waals surface area contributed by atoms with Crippen LogP contribution < -0.4 is 9.47 Å². The van der Waals surface area contributed by atoms with E-state index in [1.54, 1.807) is 25.3 Å². The molecule has 6 heteroatoms. The number of hydrogen-bond donors (Lipinski definition) is 1. The SMILES string of the molecule is COc1ccc(C(=O)CC2(C(=O)O)CCCCCC2)cc1OCCc1cccc(C2COC2)c1. The molecule has 1 saturated heterocycles. The van der Waals surface area contributed by atoms with Gasteiger partial charge in [0.2, 0.25) is 0 Å². The van der Waals surface area contributed by atoms with E-state index in [-0.39, 0.29) is 12.2 Å². The predicted octanol–water partition coefficient (Wildman–Crippen LogP) is 5.43. The van der Waals surface area contributed by atoms with Crippen LogP contribution in [0.15, 0.2) is 42.5 Å². The van der Waals surface area contributed by atoms with E-state index < -0.39 is 11.4 Å². The van der Waals surface area contributed by atoms with Crippen molar-refractivity contribution in [3.8, 4) is 11.5 Å². The van der Waals surface area contributed by atoms with Crippen molar-refractivity contribution in [2.24, 2.45) is 5.41 Å². The second kappa shape index (κ2) is 11.0. The summed E-state index contributed by atoms with van der Waals surface area (Å²) in [6.07, 6.45) is 5.62. The van der Waals surface area contributed by atoms with E-state index in [1.165, 1.54) is 11.1 Å². The van der Waals surface area contributed by atoms with Crippen molar-refractivity contribution >= 4 is 11.8 Å². The lowest BCUT2D eigenvalue weighted by Gasteiger charge is -2.27. The highest BCUT2D eigenvalue weighted by Gasteiger charge is 2.40. The van der Waals surface area contributed by atoms with Crippen molar-refractivity contribution in [2.75, 3.05) is 26.9 Å². The maximum absolute atomic E-state index is 13.1. The largest absolute Gasteiger partial charge is 0.493 e. The Labute approximate surface area is 201 Å². The Morgan fingerprint density at radius 2 is 1.79 bits per heavy atom. The van der Waals surface area contributed by atoms with Crippen LogP contribution in [0, 0.1) is 5.41 Å². The second-order valence-electron chi connectivity index (χ2n) is 9.54. The number of ether oxygens (including phenoxy) is 3. The summed E-state index contributed by atoms with van der Waals surface area (Å²) in [6, 6.07) is 13.6. The summed E-state index contributed by atoms with van der Waals surface area (Å²) in [6.45, 7) is 2.00. The van der Waals surface area contributed by atoms with Crippen LogP contribution in [0.2, 0.25) is 0 Å². The number of carboxylic acid groups (broad SMARTS) is 1. The van der Waals surface area contributed by atoms with Gasteiger partial charge in [-0.1, -0.05) is 49.9 Å². The molecule has 4 rings (SSSR count). The average molecular weight is 467 g/mol. The number of Topliss-reactive ketones (excluding diaryl/α,β-unsaturated/α-hetero) is 1. The zero-order valence-electron chi connectivity index (χ0n) is 19.9. The van der Waals surface area contributed by atoms with Crippen LogP contribution in [0.5, 0.6) is 11.5 Å². The third-order valence-corrected chi connectivity index (χ3v) is 7.21. The molecule has 6 nitrogen and oxygen atoms in total. The Hall–Kier alpha value is -2.86. The third-order valence-electron chi connectivity index (χ3n) is 7.21. The maximum Gasteiger partial charge on any atom is 0.310 e. The normalized spacial score (nSPS) is 17.9. The van der Waals surface area contributed by atoms with Gasteiger partial charge in [0.15, 0.2) is 17.3 Å². The van der Waals surface area contributed by atoms with Crippen LogP contribution >= 0.6 is 0 Å². The first-order valence-corrected chi connectivity index (χ1v) is 12.2. The summed E-state index contributed by atoms with van der Waals surface area (Å²) < 4.78 is 16.8. The number of carboxylic acids is 1. The fourth-order valence-electron chi connectivity index (χ4n) is 4.95. The van der Waals surface area contributed by atoms with Gasteiger partial charge in [0, 0.05) is 24.3 Å². The van der Waals surface area contributed by atoms with Crippen molar-refractivity contribution in [1.82, 2.24) is 0 Å². The summed E-state index contributed by atoms with van der Waals surface area (Å²) in [5.41, 5.74) is 1.98. The smallest absolute Gasteiger partial charge is 0.310 e. The van der Waals surface area contributed by atoms with Crippen LogP contribution in [0.1, 0.15) is 72.3 Å². The maximum atomic E-state index is 13.1. The van der Waals surface area contributed by atoms with Crippen molar-refractivity contribution in [3.63, 3.8) is 0 Å². The van der Waals surface area contributed by atoms with Gasteiger partial charge < -0.3 is 19.3 Å². The lowest BCUT2D eigenvalue weighted by Crippen LogP contribution is -2.33. The molecular formula is C28H34O6. The van der Waals surface area contributed by atoms with Crippen molar-refractivity contribution in [2.45, 2.75) is 57.3 Å². The molecule has 0 unspecified atom stereocenters. The van der Waals surface area contributed by atoms with Gasteiger partial charge in [0.1, 0.15) is 0 Å². The summed E-state index contributed by atoms with van der Waals surface area (Å²) in [5.74, 6) is 0.517. The molecule has 0 radical (unpaired) electrons. The molecule has 0 amide bonds. The fraction of sp³-hybridized carbons (Fsp3) is 0.500. The highest BCUT2D eigenvalue weighted by Crippen LogP contribution is 2.40. The molecule has 1 aliphatic carbocycles. The van der Waals surface area contributed by atoms with E-state index in [2.05, 4.69) is 24.3 Å². The lowest BCUT2D eigenvalue weighted by atomic mass is 9.75. The Kier molecular flexibility index (Phi) is 7.88. The van der Waals surface area contributed by atoms with Crippen LogP contribution in [-0.4, -0.2) is 43.8 Å². The Morgan fingerprint density at radius 3 is 2.44 bits per heavy atom. The van der Waals surface area contributed by atoms with Crippen LogP contribution in [-0.2, 0) is 16.0 Å². The fourth-order valence-corrected chi connectivity index (χ4v) is 4.95. The molecule has 34 heavy (non-hydrogen) atoms. The minimum atomic E-state index is -0.967. The van der Waals surface area contributed by atoms with Crippen molar-refractivity contribution < 1.29 is 28.9 Å². The highest BCUT2D eigenvalue weighted by atomic mass is 16.5.